The first-order chi connectivity index (χ1) is 14.8. The number of hydrogen-bond acceptors (Lipinski definition) is 6. The molecule has 0 radical (unpaired) electrons. The first kappa shape index (κ1) is 18.8. The number of rotatable bonds is 5. The molecule has 30 heavy (non-hydrogen) atoms. The molecule has 3 aromatic heterocycles. The van der Waals surface area contributed by atoms with Crippen LogP contribution < -0.4 is 0 Å². The standard InChI is InChI=1S/C23H14N4S3/c24-14-18(29-23-25-19-9-4-5-10-20(19)30-23)13-16-15-27(17-7-2-1-3-8-17)26-22(16)21-11-6-12-28-21/h1-13,15H. The first-order valence-electron chi connectivity index (χ1n) is 9.14. The molecule has 4 nitrogen and oxygen atoms in total. The first-order valence-corrected chi connectivity index (χ1v) is 11.7. The van der Waals surface area contributed by atoms with Crippen molar-refractivity contribution in [1.29, 1.82) is 5.26 Å². The number of hydrogen-bond donors (Lipinski definition) is 0. The molecule has 0 amide bonds. The van der Waals surface area contributed by atoms with E-state index in [0.29, 0.717) is 4.91 Å². The van der Waals surface area contributed by atoms with Gasteiger partial charge in [0.2, 0.25) is 0 Å². The number of thiophene rings is 1. The molecular formula is C23H14N4S3. The fourth-order valence-corrected chi connectivity index (χ4v) is 5.72. The van der Waals surface area contributed by atoms with Gasteiger partial charge in [0.15, 0.2) is 4.34 Å². The maximum absolute atomic E-state index is 9.78. The number of thioether (sulfide) groups is 1. The molecule has 0 N–H and O–H groups in total. The quantitative estimate of drug-likeness (QED) is 0.220. The van der Waals surface area contributed by atoms with Gasteiger partial charge in [0.25, 0.3) is 0 Å². The van der Waals surface area contributed by atoms with E-state index >= 15 is 0 Å². The lowest BCUT2D eigenvalue weighted by Gasteiger charge is -1.99. The van der Waals surface area contributed by atoms with E-state index in [4.69, 9.17) is 5.10 Å². The van der Waals surface area contributed by atoms with Gasteiger partial charge < -0.3 is 0 Å². The second-order valence-corrected chi connectivity index (χ2v) is 9.63. The fraction of sp³-hybridized carbons (Fsp3) is 0. The van der Waals surface area contributed by atoms with Gasteiger partial charge in [0, 0.05) is 11.8 Å². The van der Waals surface area contributed by atoms with Gasteiger partial charge in [-0.3, -0.25) is 0 Å². The molecule has 0 aliphatic rings. The molecule has 2 aromatic carbocycles. The zero-order valence-electron chi connectivity index (χ0n) is 15.6. The molecule has 0 aliphatic heterocycles. The second kappa shape index (κ2) is 8.28. The third kappa shape index (κ3) is 3.81. The van der Waals surface area contributed by atoms with Crippen molar-refractivity contribution in [1.82, 2.24) is 14.8 Å². The molecule has 3 heterocycles. The van der Waals surface area contributed by atoms with Gasteiger partial charge in [-0.05, 0) is 53.5 Å². The molecule has 0 atom stereocenters. The van der Waals surface area contributed by atoms with Crippen LogP contribution in [-0.2, 0) is 0 Å². The van der Waals surface area contributed by atoms with Crippen molar-refractivity contribution in [3.8, 4) is 22.3 Å². The van der Waals surface area contributed by atoms with E-state index < -0.39 is 0 Å². The summed E-state index contributed by atoms with van der Waals surface area (Å²) in [6.45, 7) is 0. The van der Waals surface area contributed by atoms with Crippen LogP contribution in [-0.4, -0.2) is 14.8 Å². The van der Waals surface area contributed by atoms with Crippen LogP contribution in [0, 0.1) is 11.3 Å². The molecule has 0 saturated carbocycles. The Hall–Kier alpha value is -3.18. The van der Waals surface area contributed by atoms with E-state index in [9.17, 15) is 5.26 Å². The zero-order chi connectivity index (χ0) is 20.3. The van der Waals surface area contributed by atoms with E-state index in [1.165, 1.54) is 11.8 Å². The highest BCUT2D eigenvalue weighted by Gasteiger charge is 2.14. The Morgan fingerprint density at radius 2 is 1.87 bits per heavy atom. The molecule has 0 saturated heterocycles. The van der Waals surface area contributed by atoms with Crippen LogP contribution in [0.4, 0.5) is 0 Å². The molecule has 0 spiro atoms. The van der Waals surface area contributed by atoms with Crippen molar-refractivity contribution >= 4 is 50.7 Å². The number of para-hydroxylation sites is 2. The maximum atomic E-state index is 9.78. The van der Waals surface area contributed by atoms with Crippen LogP contribution in [0.5, 0.6) is 0 Å². The number of fused-ring (bicyclic) bond motifs is 1. The molecule has 5 rings (SSSR count). The Labute approximate surface area is 185 Å². The predicted octanol–water partition coefficient (Wildman–Crippen LogP) is 6.87. The number of aromatic nitrogens is 3. The number of allylic oxidation sites excluding steroid dienone is 1. The Kier molecular flexibility index (Phi) is 5.20. The lowest BCUT2D eigenvalue weighted by atomic mass is 10.2. The number of nitrogens with zero attached hydrogens (tertiary/aromatic N) is 4. The average molecular weight is 443 g/mol. The van der Waals surface area contributed by atoms with Gasteiger partial charge in [0.05, 0.1) is 25.7 Å². The van der Waals surface area contributed by atoms with Crippen LogP contribution in [0.25, 0.3) is 32.6 Å². The third-order valence-electron chi connectivity index (χ3n) is 4.39. The Balaban J connectivity index is 1.54. The predicted molar refractivity (Wildman–Crippen MR) is 126 cm³/mol. The highest BCUT2D eigenvalue weighted by Crippen LogP contribution is 2.36. The van der Waals surface area contributed by atoms with Crippen LogP contribution in [0.3, 0.4) is 0 Å². The Morgan fingerprint density at radius 1 is 1.03 bits per heavy atom. The van der Waals surface area contributed by atoms with Crippen molar-refractivity contribution in [3.05, 3.63) is 88.8 Å². The minimum absolute atomic E-state index is 0.583. The smallest absolute Gasteiger partial charge is 0.156 e. The summed E-state index contributed by atoms with van der Waals surface area (Å²) in [7, 11) is 0. The van der Waals surface area contributed by atoms with E-state index in [1.54, 1.807) is 22.7 Å². The van der Waals surface area contributed by atoms with Crippen LogP contribution >= 0.6 is 34.4 Å². The highest BCUT2D eigenvalue weighted by molar-refractivity contribution is 8.05. The second-order valence-electron chi connectivity index (χ2n) is 6.36. The molecule has 0 bridgehead atoms. The molecule has 5 aromatic rings. The summed E-state index contributed by atoms with van der Waals surface area (Å²) in [6.07, 6.45) is 3.87. The molecule has 7 heteroatoms. The van der Waals surface area contributed by atoms with Crippen LogP contribution in [0.2, 0.25) is 0 Å². The summed E-state index contributed by atoms with van der Waals surface area (Å²) in [5.41, 5.74) is 3.71. The number of benzene rings is 2. The molecule has 0 unspecified atom stereocenters. The summed E-state index contributed by atoms with van der Waals surface area (Å²) in [5, 5.41) is 16.6. The largest absolute Gasteiger partial charge is 0.240 e. The molecule has 0 aliphatic carbocycles. The Morgan fingerprint density at radius 3 is 2.63 bits per heavy atom. The summed E-state index contributed by atoms with van der Waals surface area (Å²) in [4.78, 5) is 6.29. The van der Waals surface area contributed by atoms with Gasteiger partial charge in [-0.1, -0.05) is 36.4 Å². The van der Waals surface area contributed by atoms with Gasteiger partial charge in [0.1, 0.15) is 11.8 Å². The van der Waals surface area contributed by atoms with Crippen molar-refractivity contribution in [2.75, 3.05) is 0 Å². The van der Waals surface area contributed by atoms with Crippen LogP contribution in [0.15, 0.2) is 87.6 Å². The highest BCUT2D eigenvalue weighted by atomic mass is 32.2. The van der Waals surface area contributed by atoms with Gasteiger partial charge in [-0.25, -0.2) is 9.67 Å². The van der Waals surface area contributed by atoms with Crippen LogP contribution in [0.1, 0.15) is 5.56 Å². The van der Waals surface area contributed by atoms with Crippen molar-refractivity contribution in [2.45, 2.75) is 4.34 Å². The van der Waals surface area contributed by atoms with E-state index in [1.807, 2.05) is 89.1 Å². The topological polar surface area (TPSA) is 54.5 Å². The third-order valence-corrected chi connectivity index (χ3v) is 7.29. The lowest BCUT2D eigenvalue weighted by molar-refractivity contribution is 0.885. The molecular weight excluding hydrogens is 428 g/mol. The molecule has 0 fully saturated rings. The summed E-state index contributed by atoms with van der Waals surface area (Å²) in [5.74, 6) is 0. The van der Waals surface area contributed by atoms with E-state index in [0.717, 1.165) is 36.4 Å². The van der Waals surface area contributed by atoms with Crippen molar-refractivity contribution < 1.29 is 0 Å². The number of thiazole rings is 1. The zero-order valence-corrected chi connectivity index (χ0v) is 18.0. The van der Waals surface area contributed by atoms with Crippen molar-refractivity contribution in [3.63, 3.8) is 0 Å². The summed E-state index contributed by atoms with van der Waals surface area (Å²) < 4.78 is 3.84. The van der Waals surface area contributed by atoms with E-state index in [-0.39, 0.29) is 0 Å². The number of nitriles is 1. The average Bonchev–Trinajstić information content (AvgIpc) is 3.52. The lowest BCUT2D eigenvalue weighted by Crippen LogP contribution is -1.93. The summed E-state index contributed by atoms with van der Waals surface area (Å²) >= 11 is 4.63. The SMILES string of the molecule is N#CC(=Cc1cn(-c2ccccc2)nc1-c1cccs1)Sc1nc2ccccc2s1. The van der Waals surface area contributed by atoms with E-state index in [2.05, 4.69) is 11.1 Å². The maximum Gasteiger partial charge on any atom is 0.156 e. The van der Waals surface area contributed by atoms with Crippen molar-refractivity contribution in [2.24, 2.45) is 0 Å². The van der Waals surface area contributed by atoms with Gasteiger partial charge >= 0.3 is 0 Å². The monoisotopic (exact) mass is 442 g/mol. The molecule has 144 valence electrons. The minimum Gasteiger partial charge on any atom is -0.240 e. The Bertz CT molecular complexity index is 1340. The summed E-state index contributed by atoms with van der Waals surface area (Å²) in [6, 6.07) is 24.4. The minimum atomic E-state index is 0.583. The normalized spacial score (nSPS) is 11.6. The van der Waals surface area contributed by atoms with Gasteiger partial charge in [-0.15, -0.1) is 22.7 Å². The van der Waals surface area contributed by atoms with Gasteiger partial charge in [-0.2, -0.15) is 10.4 Å². The fourth-order valence-electron chi connectivity index (χ4n) is 3.03.